The zero-order valence-electron chi connectivity index (χ0n) is 5.13. The van der Waals surface area contributed by atoms with E-state index in [0.717, 1.165) is 5.56 Å². The third-order valence-corrected chi connectivity index (χ3v) is 1.07. The van der Waals surface area contributed by atoms with Crippen molar-refractivity contribution in [2.24, 2.45) is 0 Å². The average molecular weight is 121 g/mol. The molecule has 3 heteroatoms. The molecule has 0 aliphatic carbocycles. The summed E-state index contributed by atoms with van der Waals surface area (Å²) in [6.07, 6.45) is 4.34. The molecule has 0 spiro atoms. The van der Waals surface area contributed by atoms with E-state index in [1.807, 2.05) is 6.92 Å². The smallest absolute Gasteiger partial charge is 0.116 e. The van der Waals surface area contributed by atoms with Gasteiger partial charge in [-0.05, 0) is 12.5 Å². The van der Waals surface area contributed by atoms with Gasteiger partial charge in [0.15, 0.2) is 0 Å². The minimum Gasteiger partial charge on any atom is -0.306 e. The zero-order chi connectivity index (χ0) is 6.69. The van der Waals surface area contributed by atoms with Crippen molar-refractivity contribution < 1.29 is 0 Å². The normalized spacial score (nSPS) is 9.00. The van der Waals surface area contributed by atoms with Crippen molar-refractivity contribution in [2.45, 2.75) is 6.92 Å². The predicted molar refractivity (Wildman–Crippen MR) is 34.7 cm³/mol. The van der Waals surface area contributed by atoms with E-state index >= 15 is 0 Å². The molecule has 0 saturated heterocycles. The Morgan fingerprint density at radius 2 is 2.44 bits per heavy atom. The maximum Gasteiger partial charge on any atom is 0.116 e. The lowest BCUT2D eigenvalue weighted by Gasteiger charge is -1.92. The summed E-state index contributed by atoms with van der Waals surface area (Å²) in [6.45, 7) is 1.88. The van der Waals surface area contributed by atoms with Gasteiger partial charge >= 0.3 is 0 Å². The van der Waals surface area contributed by atoms with Crippen molar-refractivity contribution in [3.63, 3.8) is 0 Å². The molecule has 1 rings (SSSR count). The molecule has 1 aromatic heterocycles. The second kappa shape index (κ2) is 2.35. The maximum atomic E-state index is 6.87. The molecule has 0 saturated carbocycles. The number of nitrogens with one attached hydrogen (secondary N) is 1. The second-order valence-corrected chi connectivity index (χ2v) is 1.74. The van der Waals surface area contributed by atoms with Crippen molar-refractivity contribution >= 4 is 6.21 Å². The summed E-state index contributed by atoms with van der Waals surface area (Å²) >= 11 is 0. The molecule has 0 atom stereocenters. The molecule has 1 heterocycles. The zero-order valence-corrected chi connectivity index (χ0v) is 5.13. The summed E-state index contributed by atoms with van der Waals surface area (Å²) in [6, 6.07) is 0. The number of aryl methyl sites for hydroxylation is 1. The highest BCUT2D eigenvalue weighted by atomic mass is 14.8. The van der Waals surface area contributed by atoms with Crippen LogP contribution in [0.4, 0.5) is 0 Å². The Labute approximate surface area is 53.3 Å². The highest BCUT2D eigenvalue weighted by Gasteiger charge is 1.90. The van der Waals surface area contributed by atoms with E-state index < -0.39 is 0 Å². The Balaban J connectivity index is 3.15. The first-order valence-electron chi connectivity index (χ1n) is 2.61. The van der Waals surface area contributed by atoms with E-state index in [4.69, 9.17) is 5.41 Å². The molecule has 3 nitrogen and oxygen atoms in total. The van der Waals surface area contributed by atoms with Crippen LogP contribution in [0.3, 0.4) is 0 Å². The SMILES string of the molecule is Cc1cncnc1C=N. The van der Waals surface area contributed by atoms with E-state index in [1.54, 1.807) is 6.20 Å². The average Bonchev–Trinajstić information content (AvgIpc) is 1.89. The lowest BCUT2D eigenvalue weighted by Crippen LogP contribution is -1.90. The summed E-state index contributed by atoms with van der Waals surface area (Å²) < 4.78 is 0. The van der Waals surface area contributed by atoms with Gasteiger partial charge < -0.3 is 5.41 Å². The molecule has 0 amide bonds. The number of hydrogen-bond acceptors (Lipinski definition) is 3. The highest BCUT2D eigenvalue weighted by molar-refractivity contribution is 5.75. The third-order valence-electron chi connectivity index (χ3n) is 1.07. The molecule has 0 unspecified atom stereocenters. The van der Waals surface area contributed by atoms with E-state index in [9.17, 15) is 0 Å². The number of nitrogens with zero attached hydrogens (tertiary/aromatic N) is 2. The summed E-state index contributed by atoms with van der Waals surface area (Å²) in [7, 11) is 0. The van der Waals surface area contributed by atoms with Gasteiger partial charge in [0, 0.05) is 12.4 Å². The molecule has 0 bridgehead atoms. The fourth-order valence-electron chi connectivity index (χ4n) is 0.560. The van der Waals surface area contributed by atoms with Crippen molar-refractivity contribution in [3.05, 3.63) is 23.8 Å². The highest BCUT2D eigenvalue weighted by Crippen LogP contribution is 1.95. The molecular formula is C6H7N3. The summed E-state index contributed by atoms with van der Waals surface area (Å²) in [4.78, 5) is 7.62. The first kappa shape index (κ1) is 5.88. The monoisotopic (exact) mass is 121 g/mol. The van der Waals surface area contributed by atoms with Crippen LogP contribution in [-0.2, 0) is 0 Å². The Morgan fingerprint density at radius 1 is 1.67 bits per heavy atom. The predicted octanol–water partition coefficient (Wildman–Crippen LogP) is 0.783. The molecule has 0 aliphatic heterocycles. The Bertz CT molecular complexity index is 219. The standard InChI is InChI=1S/C6H7N3/c1-5-3-8-4-9-6(5)2-7/h2-4,7H,1H3. The van der Waals surface area contributed by atoms with Crippen LogP contribution in [0.5, 0.6) is 0 Å². The van der Waals surface area contributed by atoms with E-state index in [0.29, 0.717) is 5.69 Å². The Kier molecular flexibility index (Phi) is 1.53. The molecule has 1 N–H and O–H groups in total. The van der Waals surface area contributed by atoms with Crippen LogP contribution in [0.2, 0.25) is 0 Å². The summed E-state index contributed by atoms with van der Waals surface area (Å²) in [5, 5.41) is 6.87. The maximum absolute atomic E-state index is 6.87. The quantitative estimate of drug-likeness (QED) is 0.558. The van der Waals surface area contributed by atoms with Crippen molar-refractivity contribution in [2.75, 3.05) is 0 Å². The molecule has 0 aliphatic rings. The summed E-state index contributed by atoms with van der Waals surface area (Å²) in [5.41, 5.74) is 1.62. The van der Waals surface area contributed by atoms with Gasteiger partial charge in [-0.1, -0.05) is 0 Å². The van der Waals surface area contributed by atoms with Crippen molar-refractivity contribution in [3.8, 4) is 0 Å². The number of hydrogen-bond donors (Lipinski definition) is 1. The largest absolute Gasteiger partial charge is 0.306 e. The Hall–Kier alpha value is -1.25. The molecule has 0 radical (unpaired) electrons. The second-order valence-electron chi connectivity index (χ2n) is 1.74. The fourth-order valence-corrected chi connectivity index (χ4v) is 0.560. The molecule has 0 fully saturated rings. The molecule has 0 aromatic carbocycles. The van der Waals surface area contributed by atoms with Crippen LogP contribution < -0.4 is 0 Å². The third kappa shape index (κ3) is 1.10. The van der Waals surface area contributed by atoms with E-state index in [2.05, 4.69) is 9.97 Å². The van der Waals surface area contributed by atoms with Gasteiger partial charge in [0.2, 0.25) is 0 Å². The van der Waals surface area contributed by atoms with Gasteiger partial charge in [0.05, 0.1) is 5.69 Å². The van der Waals surface area contributed by atoms with E-state index in [1.165, 1.54) is 12.5 Å². The van der Waals surface area contributed by atoms with Crippen LogP contribution in [0.1, 0.15) is 11.3 Å². The minimum absolute atomic E-state index is 0.685. The van der Waals surface area contributed by atoms with Gasteiger partial charge in [-0.25, -0.2) is 9.97 Å². The molecule has 46 valence electrons. The number of aromatic nitrogens is 2. The molecule has 1 aromatic rings. The van der Waals surface area contributed by atoms with Gasteiger partial charge in [0.1, 0.15) is 6.33 Å². The van der Waals surface area contributed by atoms with Crippen LogP contribution in [-0.4, -0.2) is 16.2 Å². The lowest BCUT2D eigenvalue weighted by molar-refractivity contribution is 1.11. The van der Waals surface area contributed by atoms with Gasteiger partial charge in [-0.3, -0.25) is 0 Å². The van der Waals surface area contributed by atoms with Crippen LogP contribution in [0.15, 0.2) is 12.5 Å². The van der Waals surface area contributed by atoms with Crippen LogP contribution in [0.25, 0.3) is 0 Å². The molecule has 9 heavy (non-hydrogen) atoms. The Morgan fingerprint density at radius 3 is 2.89 bits per heavy atom. The summed E-state index contributed by atoms with van der Waals surface area (Å²) in [5.74, 6) is 0. The lowest BCUT2D eigenvalue weighted by atomic mass is 10.3. The fraction of sp³-hybridized carbons (Fsp3) is 0.167. The first-order chi connectivity index (χ1) is 4.34. The van der Waals surface area contributed by atoms with Crippen molar-refractivity contribution in [1.82, 2.24) is 9.97 Å². The van der Waals surface area contributed by atoms with Crippen LogP contribution in [0, 0.1) is 12.3 Å². The minimum atomic E-state index is 0.685. The van der Waals surface area contributed by atoms with Gasteiger partial charge in [0.25, 0.3) is 0 Å². The molecular weight excluding hydrogens is 114 g/mol. The van der Waals surface area contributed by atoms with Crippen molar-refractivity contribution in [1.29, 1.82) is 5.41 Å². The topological polar surface area (TPSA) is 49.6 Å². The number of rotatable bonds is 1. The van der Waals surface area contributed by atoms with Gasteiger partial charge in [-0.15, -0.1) is 0 Å². The van der Waals surface area contributed by atoms with E-state index in [-0.39, 0.29) is 0 Å². The van der Waals surface area contributed by atoms with Gasteiger partial charge in [-0.2, -0.15) is 0 Å². The first-order valence-corrected chi connectivity index (χ1v) is 2.61. The van der Waals surface area contributed by atoms with Crippen LogP contribution >= 0.6 is 0 Å².